The van der Waals surface area contributed by atoms with E-state index in [0.717, 1.165) is 22.6 Å². The number of nitrogens with zero attached hydrogens (tertiary/aromatic N) is 5. The zero-order valence-corrected chi connectivity index (χ0v) is 12.1. The molecule has 0 N–H and O–H groups in total. The topological polar surface area (TPSA) is 67.4 Å². The molecule has 0 radical (unpaired) electrons. The summed E-state index contributed by atoms with van der Waals surface area (Å²) in [6, 6.07) is 11.3. The van der Waals surface area contributed by atoms with Gasteiger partial charge in [-0.2, -0.15) is 15.5 Å². The van der Waals surface area contributed by atoms with Gasteiger partial charge >= 0.3 is 0 Å². The summed E-state index contributed by atoms with van der Waals surface area (Å²) in [5, 5.41) is 16.8. The molecule has 0 fully saturated rings. The molecule has 1 unspecified atom stereocenters. The number of nitriles is 1. The lowest BCUT2D eigenvalue weighted by Crippen LogP contribution is -2.07. The average Bonchev–Trinajstić information content (AvgIpc) is 2.86. The fourth-order valence-corrected chi connectivity index (χ4v) is 2.43. The molecule has 0 saturated heterocycles. The highest BCUT2D eigenvalue weighted by molar-refractivity contribution is 6.20. The quantitative estimate of drug-likeness (QED) is 0.697. The van der Waals surface area contributed by atoms with E-state index in [1.54, 1.807) is 12.3 Å². The lowest BCUT2D eigenvalue weighted by molar-refractivity contribution is 0.715. The van der Waals surface area contributed by atoms with Crippen LogP contribution < -0.4 is 0 Å². The van der Waals surface area contributed by atoms with Gasteiger partial charge < -0.3 is 4.57 Å². The summed E-state index contributed by atoms with van der Waals surface area (Å²) in [7, 11) is 0. The van der Waals surface area contributed by atoms with Crippen LogP contribution in [0.4, 0.5) is 0 Å². The number of rotatable bonds is 3. The monoisotopic (exact) mass is 297 g/mol. The zero-order valence-electron chi connectivity index (χ0n) is 11.4. The first kappa shape index (κ1) is 13.5. The Morgan fingerprint density at radius 2 is 2.24 bits per heavy atom. The van der Waals surface area contributed by atoms with Crippen LogP contribution in [0.2, 0.25) is 0 Å². The molecule has 2 heterocycles. The second-order valence-corrected chi connectivity index (χ2v) is 5.36. The molecule has 1 aromatic carbocycles. The smallest absolute Gasteiger partial charge is 0.128 e. The van der Waals surface area contributed by atoms with Crippen molar-refractivity contribution in [3.63, 3.8) is 0 Å². The van der Waals surface area contributed by atoms with Crippen molar-refractivity contribution in [1.82, 2.24) is 19.7 Å². The van der Waals surface area contributed by atoms with Crippen LogP contribution in [-0.2, 0) is 6.54 Å². The summed E-state index contributed by atoms with van der Waals surface area (Å²) < 4.78 is 1.98. The molecule has 6 heteroatoms. The van der Waals surface area contributed by atoms with Crippen LogP contribution in [0.1, 0.15) is 29.4 Å². The van der Waals surface area contributed by atoms with Crippen LogP contribution in [0.25, 0.3) is 11.0 Å². The van der Waals surface area contributed by atoms with E-state index in [2.05, 4.69) is 21.3 Å². The predicted octanol–water partition coefficient (Wildman–Crippen LogP) is 3.05. The molecule has 0 aliphatic heterocycles. The summed E-state index contributed by atoms with van der Waals surface area (Å²) in [6.45, 7) is 2.40. The number of hydrogen-bond donors (Lipinski definition) is 0. The second kappa shape index (κ2) is 5.51. The van der Waals surface area contributed by atoms with Crippen molar-refractivity contribution >= 4 is 22.6 Å². The molecule has 0 amide bonds. The Morgan fingerprint density at radius 3 is 2.90 bits per heavy atom. The van der Waals surface area contributed by atoms with Gasteiger partial charge in [0.15, 0.2) is 0 Å². The number of imidazole rings is 1. The standard InChI is InChI=1S/C15H12ClN5/c1-10(16)15-19-13-5-4-11(8-17)7-14(13)21(15)9-12-3-2-6-18-20-12/h2-7,10H,9H2,1H3. The van der Waals surface area contributed by atoms with Crippen LogP contribution in [0.5, 0.6) is 0 Å². The SMILES string of the molecule is CC(Cl)c1nc2ccc(C#N)cc2n1Cc1cccnn1. The van der Waals surface area contributed by atoms with E-state index in [9.17, 15) is 0 Å². The summed E-state index contributed by atoms with van der Waals surface area (Å²) in [5.74, 6) is 0.757. The lowest BCUT2D eigenvalue weighted by Gasteiger charge is -2.09. The molecule has 104 valence electrons. The van der Waals surface area contributed by atoms with Crippen LogP contribution in [-0.4, -0.2) is 19.7 Å². The first-order valence-corrected chi connectivity index (χ1v) is 6.93. The summed E-state index contributed by atoms with van der Waals surface area (Å²) >= 11 is 6.24. The first-order valence-electron chi connectivity index (χ1n) is 6.50. The van der Waals surface area contributed by atoms with Gasteiger partial charge in [-0.15, -0.1) is 11.6 Å². The highest BCUT2D eigenvalue weighted by atomic mass is 35.5. The van der Waals surface area contributed by atoms with Crippen molar-refractivity contribution in [2.45, 2.75) is 18.8 Å². The van der Waals surface area contributed by atoms with Crippen molar-refractivity contribution in [3.05, 3.63) is 53.6 Å². The van der Waals surface area contributed by atoms with Gasteiger partial charge in [0, 0.05) is 6.20 Å². The molecule has 5 nitrogen and oxygen atoms in total. The van der Waals surface area contributed by atoms with E-state index < -0.39 is 0 Å². The van der Waals surface area contributed by atoms with E-state index in [1.807, 2.05) is 35.8 Å². The van der Waals surface area contributed by atoms with E-state index >= 15 is 0 Å². The fourth-order valence-electron chi connectivity index (χ4n) is 2.26. The minimum absolute atomic E-state index is 0.236. The molecule has 0 aliphatic rings. The molecular weight excluding hydrogens is 286 g/mol. The summed E-state index contributed by atoms with van der Waals surface area (Å²) in [4.78, 5) is 4.56. The van der Waals surface area contributed by atoms with Gasteiger partial charge in [-0.1, -0.05) is 0 Å². The molecule has 21 heavy (non-hydrogen) atoms. The minimum atomic E-state index is -0.236. The Kier molecular flexibility index (Phi) is 3.55. The maximum absolute atomic E-state index is 9.07. The van der Waals surface area contributed by atoms with E-state index in [4.69, 9.17) is 16.9 Å². The molecule has 3 aromatic rings. The van der Waals surface area contributed by atoms with Crippen molar-refractivity contribution in [3.8, 4) is 6.07 Å². The molecule has 0 spiro atoms. The van der Waals surface area contributed by atoms with Crippen molar-refractivity contribution in [2.75, 3.05) is 0 Å². The van der Waals surface area contributed by atoms with Crippen molar-refractivity contribution in [1.29, 1.82) is 5.26 Å². The molecule has 1 atom stereocenters. The Labute approximate surface area is 126 Å². The lowest BCUT2D eigenvalue weighted by atomic mass is 10.2. The third-order valence-electron chi connectivity index (χ3n) is 3.21. The van der Waals surface area contributed by atoms with Crippen LogP contribution >= 0.6 is 11.6 Å². The molecule has 0 bridgehead atoms. The highest BCUT2D eigenvalue weighted by Gasteiger charge is 2.16. The van der Waals surface area contributed by atoms with E-state index in [1.165, 1.54) is 0 Å². The fraction of sp³-hybridized carbons (Fsp3) is 0.200. The summed E-state index contributed by atoms with van der Waals surface area (Å²) in [6.07, 6.45) is 1.63. The van der Waals surface area contributed by atoms with Gasteiger partial charge in [0.2, 0.25) is 0 Å². The average molecular weight is 298 g/mol. The van der Waals surface area contributed by atoms with Crippen LogP contribution in [0.3, 0.4) is 0 Å². The number of fused-ring (bicyclic) bond motifs is 1. The second-order valence-electron chi connectivity index (χ2n) is 4.70. The van der Waals surface area contributed by atoms with Gasteiger partial charge in [0.1, 0.15) is 5.82 Å². The van der Waals surface area contributed by atoms with Crippen molar-refractivity contribution in [2.24, 2.45) is 0 Å². The van der Waals surface area contributed by atoms with Gasteiger partial charge in [-0.25, -0.2) is 4.98 Å². The summed E-state index contributed by atoms with van der Waals surface area (Å²) in [5.41, 5.74) is 3.11. The van der Waals surface area contributed by atoms with Gasteiger partial charge in [0.05, 0.1) is 40.3 Å². The largest absolute Gasteiger partial charge is 0.321 e. The first-order chi connectivity index (χ1) is 10.2. The van der Waals surface area contributed by atoms with Crippen molar-refractivity contribution < 1.29 is 0 Å². The molecule has 0 saturated carbocycles. The van der Waals surface area contributed by atoms with Crippen LogP contribution in [0.15, 0.2) is 36.5 Å². The third-order valence-corrected chi connectivity index (χ3v) is 3.41. The highest BCUT2D eigenvalue weighted by Crippen LogP contribution is 2.26. The van der Waals surface area contributed by atoms with E-state index in [0.29, 0.717) is 12.1 Å². The molecule has 2 aromatic heterocycles. The Hall–Kier alpha value is -2.45. The number of halogens is 1. The molecular formula is C15H12ClN5. The predicted molar refractivity (Wildman–Crippen MR) is 79.9 cm³/mol. The maximum Gasteiger partial charge on any atom is 0.128 e. The molecule has 0 aliphatic carbocycles. The third kappa shape index (κ3) is 2.58. The maximum atomic E-state index is 9.07. The van der Waals surface area contributed by atoms with Gasteiger partial charge in [-0.05, 0) is 37.3 Å². The zero-order chi connectivity index (χ0) is 14.8. The minimum Gasteiger partial charge on any atom is -0.321 e. The van der Waals surface area contributed by atoms with Gasteiger partial charge in [0.25, 0.3) is 0 Å². The van der Waals surface area contributed by atoms with Gasteiger partial charge in [-0.3, -0.25) is 0 Å². The Balaban J connectivity index is 2.17. The number of alkyl halides is 1. The van der Waals surface area contributed by atoms with E-state index in [-0.39, 0.29) is 5.38 Å². The van der Waals surface area contributed by atoms with Crippen LogP contribution in [0, 0.1) is 11.3 Å². The Morgan fingerprint density at radius 1 is 1.38 bits per heavy atom. The number of benzene rings is 1. The normalized spacial score (nSPS) is 12.2. The number of aromatic nitrogens is 4. The molecule has 3 rings (SSSR count). The Bertz CT molecular complexity index is 817. The number of hydrogen-bond acceptors (Lipinski definition) is 4.